The molecule has 6 heteroatoms. The van der Waals surface area contributed by atoms with Gasteiger partial charge in [-0.2, -0.15) is 0 Å². The van der Waals surface area contributed by atoms with E-state index in [0.717, 1.165) is 5.56 Å². The Labute approximate surface area is 163 Å². The molecule has 1 aliphatic rings. The quantitative estimate of drug-likeness (QED) is 0.488. The molecule has 0 heterocycles. The van der Waals surface area contributed by atoms with E-state index in [2.05, 4.69) is 33.9 Å². The van der Waals surface area contributed by atoms with E-state index in [1.807, 2.05) is 12.1 Å². The van der Waals surface area contributed by atoms with Gasteiger partial charge in [-0.25, -0.2) is 0 Å². The van der Waals surface area contributed by atoms with Crippen molar-refractivity contribution in [3.8, 4) is 0 Å². The summed E-state index contributed by atoms with van der Waals surface area (Å²) in [6, 6.07) is 5.50. The minimum Gasteiger partial charge on any atom is -0.416 e. The third-order valence-electron chi connectivity index (χ3n) is 5.99. The molecule has 0 N–H and O–H groups in total. The molecular weight excluding hydrogens is 368 g/mol. The number of hydrogen-bond acceptors (Lipinski definition) is 4. The number of carbonyl (C=O) groups is 1. The molecule has 26 heavy (non-hydrogen) atoms. The minimum absolute atomic E-state index is 0.0944. The van der Waals surface area contributed by atoms with Crippen molar-refractivity contribution in [1.29, 1.82) is 0 Å². The second-order valence-electron chi connectivity index (χ2n) is 8.62. The summed E-state index contributed by atoms with van der Waals surface area (Å²) >= 11 is 6.15. The van der Waals surface area contributed by atoms with Crippen LogP contribution in [0.25, 0.3) is 0 Å². The van der Waals surface area contributed by atoms with Crippen LogP contribution < -0.4 is 0 Å². The molecule has 0 spiro atoms. The molecule has 1 aromatic rings. The smallest absolute Gasteiger partial charge is 0.192 e. The Bertz CT molecular complexity index is 664. The molecule has 0 aromatic heterocycles. The van der Waals surface area contributed by atoms with Gasteiger partial charge in [-0.1, -0.05) is 38.4 Å². The number of carbonyl (C=O) groups excluding carboxylic acids is 1. The third-order valence-corrected chi connectivity index (χ3v) is 10.7. The van der Waals surface area contributed by atoms with Crippen LogP contribution in [0.2, 0.25) is 23.2 Å². The molecule has 4 nitrogen and oxygen atoms in total. The first-order valence-electron chi connectivity index (χ1n) is 9.01. The van der Waals surface area contributed by atoms with E-state index in [4.69, 9.17) is 25.5 Å². The van der Waals surface area contributed by atoms with Gasteiger partial charge in [0.1, 0.15) is 0 Å². The van der Waals surface area contributed by atoms with Gasteiger partial charge >= 0.3 is 0 Å². The van der Waals surface area contributed by atoms with Crippen LogP contribution in [0.3, 0.4) is 0 Å². The van der Waals surface area contributed by atoms with Crippen molar-refractivity contribution < 1.29 is 18.7 Å². The van der Waals surface area contributed by atoms with Crippen LogP contribution in [0.4, 0.5) is 0 Å². The number of methoxy groups -OCH3 is 2. The number of ether oxygens (including phenoxy) is 2. The van der Waals surface area contributed by atoms with Crippen molar-refractivity contribution in [1.82, 2.24) is 0 Å². The molecule has 0 aliphatic heterocycles. The maximum atomic E-state index is 12.5. The molecule has 0 bridgehead atoms. The highest BCUT2D eigenvalue weighted by atomic mass is 35.5. The zero-order valence-electron chi connectivity index (χ0n) is 16.9. The van der Waals surface area contributed by atoms with Gasteiger partial charge in [0.2, 0.25) is 0 Å². The highest BCUT2D eigenvalue weighted by molar-refractivity contribution is 6.74. The van der Waals surface area contributed by atoms with E-state index in [9.17, 15) is 4.79 Å². The summed E-state index contributed by atoms with van der Waals surface area (Å²) in [6.45, 7) is 11.6. The van der Waals surface area contributed by atoms with E-state index in [0.29, 0.717) is 30.0 Å². The molecule has 2 rings (SSSR count). The lowest BCUT2D eigenvalue weighted by molar-refractivity contribution is -0.161. The maximum absolute atomic E-state index is 12.5. The molecule has 0 saturated carbocycles. The van der Waals surface area contributed by atoms with Crippen LogP contribution in [-0.4, -0.2) is 41.2 Å². The zero-order valence-corrected chi connectivity index (χ0v) is 18.7. The van der Waals surface area contributed by atoms with Gasteiger partial charge in [0.15, 0.2) is 20.4 Å². The molecule has 0 unspecified atom stereocenters. The van der Waals surface area contributed by atoms with Crippen LogP contribution in [0, 0.1) is 0 Å². The molecule has 0 saturated heterocycles. The van der Waals surface area contributed by atoms with Crippen LogP contribution >= 0.6 is 11.6 Å². The van der Waals surface area contributed by atoms with Gasteiger partial charge in [0, 0.05) is 37.8 Å². The van der Waals surface area contributed by atoms with E-state index in [-0.39, 0.29) is 10.8 Å². The normalized spacial score (nSPS) is 21.2. The average Bonchev–Trinajstić information content (AvgIpc) is 2.56. The Morgan fingerprint density at radius 1 is 1.23 bits per heavy atom. The second kappa shape index (κ2) is 7.72. The Hall–Kier alpha value is -0.723. The standard InChI is InChI=1S/C20H31ClO4Si/c1-19(2,3)26(6,7)25-13-20(18(23-4)24-5)11-10-17(22)15-12-14(21)8-9-16(15)20/h8-9,12,18H,10-11,13H2,1-7H3/t20-/m0/s1. The number of ketones is 1. The van der Waals surface area contributed by atoms with Gasteiger partial charge in [0.25, 0.3) is 0 Å². The van der Waals surface area contributed by atoms with Crippen molar-refractivity contribution >= 4 is 25.7 Å². The number of halogens is 1. The Balaban J connectivity index is 2.52. The fourth-order valence-corrected chi connectivity index (χ4v) is 4.55. The summed E-state index contributed by atoms with van der Waals surface area (Å²) in [7, 11) is 1.29. The number of rotatable bonds is 6. The van der Waals surface area contributed by atoms with Gasteiger partial charge in [-0.15, -0.1) is 0 Å². The lowest BCUT2D eigenvalue weighted by atomic mass is 9.69. The molecule has 0 fully saturated rings. The van der Waals surface area contributed by atoms with Crippen molar-refractivity contribution in [2.24, 2.45) is 0 Å². The van der Waals surface area contributed by atoms with Crippen LogP contribution in [0.5, 0.6) is 0 Å². The lowest BCUT2D eigenvalue weighted by Crippen LogP contribution is -2.52. The Morgan fingerprint density at radius 2 is 1.85 bits per heavy atom. The fraction of sp³-hybridized carbons (Fsp3) is 0.650. The highest BCUT2D eigenvalue weighted by Gasteiger charge is 2.49. The summed E-state index contributed by atoms with van der Waals surface area (Å²) in [4.78, 5) is 12.5. The van der Waals surface area contributed by atoms with Gasteiger partial charge < -0.3 is 13.9 Å². The number of fused-ring (bicyclic) bond motifs is 1. The van der Waals surface area contributed by atoms with E-state index >= 15 is 0 Å². The topological polar surface area (TPSA) is 44.8 Å². The molecule has 1 aliphatic carbocycles. The molecule has 1 atom stereocenters. The predicted octanol–water partition coefficient (Wildman–Crippen LogP) is 5.20. The largest absolute Gasteiger partial charge is 0.416 e. The predicted molar refractivity (Wildman–Crippen MR) is 108 cm³/mol. The molecule has 146 valence electrons. The fourth-order valence-electron chi connectivity index (χ4n) is 3.32. The monoisotopic (exact) mass is 398 g/mol. The molecule has 0 amide bonds. The molecule has 1 aromatic carbocycles. The van der Waals surface area contributed by atoms with E-state index in [1.54, 1.807) is 20.3 Å². The summed E-state index contributed by atoms with van der Waals surface area (Å²) in [5, 5.41) is 0.654. The number of Topliss-reactive ketones (excluding diaryl/α,β-unsaturated/α-hetero) is 1. The average molecular weight is 399 g/mol. The van der Waals surface area contributed by atoms with Gasteiger partial charge in [0.05, 0.1) is 5.41 Å². The SMILES string of the molecule is COC(OC)[C@]1(CO[Si](C)(C)C(C)(C)C)CCC(=O)c2cc(Cl)ccc21. The van der Waals surface area contributed by atoms with Crippen LogP contribution in [0.1, 0.15) is 49.5 Å². The van der Waals surface area contributed by atoms with Gasteiger partial charge in [-0.05, 0) is 42.2 Å². The van der Waals surface area contributed by atoms with Crippen LogP contribution in [0.15, 0.2) is 18.2 Å². The Morgan fingerprint density at radius 3 is 2.38 bits per heavy atom. The summed E-state index contributed by atoms with van der Waals surface area (Å²) in [5.74, 6) is 0.108. The van der Waals surface area contributed by atoms with Gasteiger partial charge in [-0.3, -0.25) is 4.79 Å². The molecular formula is C20H31ClO4Si. The number of hydrogen-bond donors (Lipinski definition) is 0. The first-order chi connectivity index (χ1) is 12.0. The number of benzene rings is 1. The first-order valence-corrected chi connectivity index (χ1v) is 12.3. The Kier molecular flexibility index (Phi) is 6.41. The van der Waals surface area contributed by atoms with Crippen molar-refractivity contribution in [3.63, 3.8) is 0 Å². The van der Waals surface area contributed by atoms with Crippen molar-refractivity contribution in [3.05, 3.63) is 34.3 Å². The summed E-state index contributed by atoms with van der Waals surface area (Å²) < 4.78 is 17.9. The third kappa shape index (κ3) is 3.92. The van der Waals surface area contributed by atoms with Crippen LogP contribution in [-0.2, 0) is 19.3 Å². The maximum Gasteiger partial charge on any atom is 0.192 e. The first kappa shape index (κ1) is 21.6. The summed E-state index contributed by atoms with van der Waals surface area (Å²) in [5.41, 5.74) is 1.03. The van der Waals surface area contributed by atoms with Crippen molar-refractivity contribution in [2.75, 3.05) is 20.8 Å². The molecule has 0 radical (unpaired) electrons. The van der Waals surface area contributed by atoms with Crippen molar-refractivity contribution in [2.45, 2.75) is 63.5 Å². The van der Waals surface area contributed by atoms with E-state index in [1.165, 1.54) is 0 Å². The highest BCUT2D eigenvalue weighted by Crippen LogP contribution is 2.45. The summed E-state index contributed by atoms with van der Waals surface area (Å²) in [6.07, 6.45) is 0.555. The minimum atomic E-state index is -1.98. The second-order valence-corrected chi connectivity index (χ2v) is 13.9. The zero-order chi connectivity index (χ0) is 19.8. The lowest BCUT2D eigenvalue weighted by Gasteiger charge is -2.46. The van der Waals surface area contributed by atoms with E-state index < -0.39 is 20.0 Å².